The SMILES string of the molecule is CC(C)(C)N1CCC(NS(=O)(=O)c2cc(Br)cc([N+](=O)[O-])c2)CC1. The number of halogens is 1. The van der Waals surface area contributed by atoms with Gasteiger partial charge in [0, 0.05) is 41.3 Å². The van der Waals surface area contributed by atoms with E-state index in [9.17, 15) is 18.5 Å². The average molecular weight is 420 g/mol. The van der Waals surface area contributed by atoms with Crippen molar-refractivity contribution < 1.29 is 13.3 Å². The molecule has 1 aliphatic rings. The van der Waals surface area contributed by atoms with Crippen molar-refractivity contribution in [2.45, 2.75) is 50.1 Å². The first-order valence-electron chi connectivity index (χ1n) is 7.71. The third kappa shape index (κ3) is 4.75. The van der Waals surface area contributed by atoms with Crippen LogP contribution in [0.15, 0.2) is 27.6 Å². The largest absolute Gasteiger partial charge is 0.298 e. The highest BCUT2D eigenvalue weighted by Gasteiger charge is 2.30. The molecule has 0 unspecified atom stereocenters. The van der Waals surface area contributed by atoms with Crippen LogP contribution in [0, 0.1) is 10.1 Å². The molecule has 0 bridgehead atoms. The molecule has 0 atom stereocenters. The summed E-state index contributed by atoms with van der Waals surface area (Å²) in [4.78, 5) is 12.5. The minimum Gasteiger partial charge on any atom is -0.298 e. The number of nitrogens with one attached hydrogen (secondary N) is 1. The van der Waals surface area contributed by atoms with Gasteiger partial charge in [-0.15, -0.1) is 0 Å². The van der Waals surface area contributed by atoms with E-state index in [1.807, 2.05) is 0 Å². The Kier molecular flexibility index (Phi) is 5.68. The van der Waals surface area contributed by atoms with Gasteiger partial charge in [0.05, 0.1) is 9.82 Å². The van der Waals surface area contributed by atoms with Gasteiger partial charge in [-0.05, 0) is 39.7 Å². The van der Waals surface area contributed by atoms with Crippen LogP contribution in [0.2, 0.25) is 0 Å². The molecule has 2 rings (SSSR count). The zero-order valence-electron chi connectivity index (χ0n) is 14.0. The van der Waals surface area contributed by atoms with Crippen molar-refractivity contribution in [3.05, 3.63) is 32.8 Å². The van der Waals surface area contributed by atoms with Crippen molar-refractivity contribution in [1.29, 1.82) is 0 Å². The smallest absolute Gasteiger partial charge is 0.271 e. The Morgan fingerprint density at radius 3 is 2.33 bits per heavy atom. The van der Waals surface area contributed by atoms with Crippen molar-refractivity contribution in [1.82, 2.24) is 9.62 Å². The number of sulfonamides is 1. The van der Waals surface area contributed by atoms with Gasteiger partial charge >= 0.3 is 0 Å². The van der Waals surface area contributed by atoms with Gasteiger partial charge in [0.2, 0.25) is 10.0 Å². The van der Waals surface area contributed by atoms with E-state index in [2.05, 4.69) is 46.3 Å². The van der Waals surface area contributed by atoms with Crippen LogP contribution in [0.5, 0.6) is 0 Å². The van der Waals surface area contributed by atoms with Crippen LogP contribution in [-0.2, 0) is 10.0 Å². The molecule has 7 nitrogen and oxygen atoms in total. The number of hydrogen-bond acceptors (Lipinski definition) is 5. The van der Waals surface area contributed by atoms with Gasteiger partial charge in [0.1, 0.15) is 0 Å². The minimum atomic E-state index is -3.79. The molecule has 24 heavy (non-hydrogen) atoms. The normalized spacial score (nSPS) is 17.8. The Morgan fingerprint density at radius 2 is 1.83 bits per heavy atom. The summed E-state index contributed by atoms with van der Waals surface area (Å²) in [5.41, 5.74) is -0.193. The molecule has 0 radical (unpaired) electrons. The summed E-state index contributed by atoms with van der Waals surface area (Å²) in [6, 6.07) is 3.57. The Balaban J connectivity index is 2.11. The van der Waals surface area contributed by atoms with Crippen LogP contribution in [-0.4, -0.2) is 42.9 Å². The number of benzene rings is 1. The highest BCUT2D eigenvalue weighted by atomic mass is 79.9. The summed E-state index contributed by atoms with van der Waals surface area (Å²) in [6.07, 6.45) is 1.43. The number of non-ortho nitro benzene ring substituents is 1. The van der Waals surface area contributed by atoms with Crippen molar-refractivity contribution in [2.24, 2.45) is 0 Å². The van der Waals surface area contributed by atoms with Gasteiger partial charge < -0.3 is 0 Å². The van der Waals surface area contributed by atoms with Gasteiger partial charge in [0.25, 0.3) is 5.69 Å². The van der Waals surface area contributed by atoms with E-state index < -0.39 is 14.9 Å². The summed E-state index contributed by atoms with van der Waals surface area (Å²) in [7, 11) is -3.79. The van der Waals surface area contributed by atoms with E-state index in [0.717, 1.165) is 19.2 Å². The van der Waals surface area contributed by atoms with Crippen LogP contribution in [0.3, 0.4) is 0 Å². The standard InChI is InChI=1S/C15H22BrN3O4S/c1-15(2,3)18-6-4-12(5-7-18)17-24(22,23)14-9-11(16)8-13(10-14)19(20)21/h8-10,12,17H,4-7H2,1-3H3. The summed E-state index contributed by atoms with van der Waals surface area (Å²) < 4.78 is 28.1. The maximum Gasteiger partial charge on any atom is 0.271 e. The van der Waals surface area contributed by atoms with Crippen molar-refractivity contribution in [2.75, 3.05) is 13.1 Å². The fourth-order valence-corrected chi connectivity index (χ4v) is 4.77. The Morgan fingerprint density at radius 1 is 1.25 bits per heavy atom. The lowest BCUT2D eigenvalue weighted by molar-refractivity contribution is -0.385. The number of likely N-dealkylation sites (tertiary alicyclic amines) is 1. The van der Waals surface area contributed by atoms with Crippen molar-refractivity contribution in [3.8, 4) is 0 Å². The maximum absolute atomic E-state index is 12.5. The van der Waals surface area contributed by atoms with Gasteiger partial charge in [-0.2, -0.15) is 0 Å². The van der Waals surface area contributed by atoms with Crippen LogP contribution in [0.4, 0.5) is 5.69 Å². The Hall–Kier alpha value is -1.03. The zero-order valence-corrected chi connectivity index (χ0v) is 16.4. The summed E-state index contributed by atoms with van der Waals surface area (Å²) >= 11 is 3.13. The molecule has 9 heteroatoms. The number of rotatable bonds is 4. The molecule has 1 fully saturated rings. The number of hydrogen-bond donors (Lipinski definition) is 1. The molecule has 1 aromatic rings. The molecule has 1 saturated heterocycles. The summed E-state index contributed by atoms with van der Waals surface area (Å²) in [5, 5.41) is 10.9. The third-order valence-electron chi connectivity index (χ3n) is 4.14. The molecule has 0 saturated carbocycles. The number of nitro groups is 1. The van der Waals surface area contributed by atoms with E-state index in [-0.39, 0.29) is 22.2 Å². The molecule has 0 amide bonds. The predicted molar refractivity (Wildman–Crippen MR) is 95.5 cm³/mol. The molecular formula is C15H22BrN3O4S. The van der Waals surface area contributed by atoms with E-state index >= 15 is 0 Å². The highest BCUT2D eigenvalue weighted by Crippen LogP contribution is 2.26. The van der Waals surface area contributed by atoms with E-state index in [4.69, 9.17) is 0 Å². The second-order valence-electron chi connectivity index (χ2n) is 6.96. The quantitative estimate of drug-likeness (QED) is 0.597. The Labute approximate surface area is 150 Å². The first-order chi connectivity index (χ1) is 11.0. The average Bonchev–Trinajstić information content (AvgIpc) is 2.45. The zero-order chi connectivity index (χ0) is 18.1. The second-order valence-corrected chi connectivity index (χ2v) is 9.59. The molecule has 0 aliphatic carbocycles. The summed E-state index contributed by atoms with van der Waals surface area (Å²) in [6.45, 7) is 8.04. The number of nitrogens with zero attached hydrogens (tertiary/aromatic N) is 2. The second kappa shape index (κ2) is 7.07. The molecule has 0 aromatic heterocycles. The lowest BCUT2D eigenvalue weighted by Crippen LogP contribution is -2.50. The van der Waals surface area contributed by atoms with Crippen molar-refractivity contribution >= 4 is 31.6 Å². The van der Waals surface area contributed by atoms with Gasteiger partial charge in [-0.3, -0.25) is 15.0 Å². The van der Waals surface area contributed by atoms with Crippen LogP contribution in [0.1, 0.15) is 33.6 Å². The maximum atomic E-state index is 12.5. The molecule has 0 spiro atoms. The summed E-state index contributed by atoms with van der Waals surface area (Å²) in [5.74, 6) is 0. The minimum absolute atomic E-state index is 0.0642. The fourth-order valence-electron chi connectivity index (χ4n) is 2.76. The van der Waals surface area contributed by atoms with Crippen LogP contribution < -0.4 is 4.72 Å². The van der Waals surface area contributed by atoms with E-state index in [1.54, 1.807) is 0 Å². The predicted octanol–water partition coefficient (Wildman–Crippen LogP) is 2.90. The topological polar surface area (TPSA) is 92.6 Å². The molecule has 1 aliphatic heterocycles. The lowest BCUT2D eigenvalue weighted by atomic mass is 9.99. The van der Waals surface area contributed by atoms with Crippen LogP contribution >= 0.6 is 15.9 Å². The highest BCUT2D eigenvalue weighted by molar-refractivity contribution is 9.10. The third-order valence-corrected chi connectivity index (χ3v) is 6.10. The first-order valence-corrected chi connectivity index (χ1v) is 9.99. The molecular weight excluding hydrogens is 398 g/mol. The van der Waals surface area contributed by atoms with Gasteiger partial charge in [-0.25, -0.2) is 13.1 Å². The lowest BCUT2D eigenvalue weighted by Gasteiger charge is -2.40. The number of nitro benzene ring substituents is 1. The molecule has 1 N–H and O–H groups in total. The number of piperidine rings is 1. The van der Waals surface area contributed by atoms with E-state index in [0.29, 0.717) is 17.3 Å². The van der Waals surface area contributed by atoms with Gasteiger partial charge in [-0.1, -0.05) is 15.9 Å². The first kappa shape index (κ1) is 19.3. The van der Waals surface area contributed by atoms with Gasteiger partial charge in [0.15, 0.2) is 0 Å². The van der Waals surface area contributed by atoms with Crippen LogP contribution in [0.25, 0.3) is 0 Å². The fraction of sp³-hybridized carbons (Fsp3) is 0.600. The molecule has 134 valence electrons. The molecule has 1 heterocycles. The van der Waals surface area contributed by atoms with Crippen molar-refractivity contribution in [3.63, 3.8) is 0 Å². The Bertz CT molecular complexity index is 723. The molecule has 1 aromatic carbocycles. The van der Waals surface area contributed by atoms with E-state index in [1.165, 1.54) is 12.1 Å². The monoisotopic (exact) mass is 419 g/mol.